The van der Waals surface area contributed by atoms with Crippen molar-refractivity contribution in [2.45, 2.75) is 52.7 Å². The number of imidazole rings is 2. The third-order valence-electron chi connectivity index (χ3n) is 6.31. The standard InChI is InChI=1S/C16H23BrN2O4S.C12H15BrN2O3S/c1-4-22-16(23-5-2)15-18-13-11-12(17)7-8-14(13)19(15)9-6-10-24(3,20)21;1-19(17,18)6-2-5-15-11-4-3-9(13)7-10(11)14-12(15)8-16/h7-8,11,16H,4-6,9-10H2,1-3H3;3-4,7,16H,2,5-6,8H2,1H3. The smallest absolute Gasteiger partial charge is 0.217 e. The summed E-state index contributed by atoms with van der Waals surface area (Å²) in [7, 11) is -5.96. The molecule has 1 N–H and O–H groups in total. The van der Waals surface area contributed by atoms with Gasteiger partial charge in [-0.1, -0.05) is 31.9 Å². The number of rotatable bonds is 14. The van der Waals surface area contributed by atoms with Gasteiger partial charge in [-0.2, -0.15) is 0 Å². The van der Waals surface area contributed by atoms with Crippen LogP contribution < -0.4 is 0 Å². The van der Waals surface area contributed by atoms with Crippen LogP contribution in [0.1, 0.15) is 44.6 Å². The molecule has 0 saturated heterocycles. The van der Waals surface area contributed by atoms with Gasteiger partial charge in [0.25, 0.3) is 0 Å². The molecule has 0 bridgehead atoms. The van der Waals surface area contributed by atoms with Crippen LogP contribution in [0.15, 0.2) is 45.3 Å². The minimum absolute atomic E-state index is 0.133. The fraction of sp³-hybridized carbons (Fsp3) is 0.500. The summed E-state index contributed by atoms with van der Waals surface area (Å²) in [6.45, 7) is 5.71. The number of sulfone groups is 2. The molecule has 0 amide bonds. The zero-order chi connectivity index (χ0) is 31.8. The highest BCUT2D eigenvalue weighted by molar-refractivity contribution is 9.10. The Hall–Kier alpha value is -1.88. The van der Waals surface area contributed by atoms with E-state index in [0.717, 1.165) is 31.0 Å². The maximum absolute atomic E-state index is 11.4. The average Bonchev–Trinajstić information content (AvgIpc) is 3.44. The van der Waals surface area contributed by atoms with Gasteiger partial charge in [0.05, 0.1) is 33.6 Å². The number of aryl methyl sites for hydroxylation is 2. The molecular formula is C28H38Br2N4O7S2. The summed E-state index contributed by atoms with van der Waals surface area (Å²) in [5.41, 5.74) is 3.45. The molecule has 2 aromatic heterocycles. The highest BCUT2D eigenvalue weighted by Gasteiger charge is 2.21. The van der Waals surface area contributed by atoms with Crippen LogP contribution in [-0.2, 0) is 48.8 Å². The predicted molar refractivity (Wildman–Crippen MR) is 175 cm³/mol. The molecule has 0 radical (unpaired) electrons. The van der Waals surface area contributed by atoms with Gasteiger partial charge < -0.3 is 23.7 Å². The molecule has 0 aliphatic heterocycles. The topological polar surface area (TPSA) is 143 Å². The van der Waals surface area contributed by atoms with Gasteiger partial charge in [0.2, 0.25) is 6.29 Å². The van der Waals surface area contributed by atoms with Crippen LogP contribution >= 0.6 is 31.9 Å². The van der Waals surface area contributed by atoms with Crippen molar-refractivity contribution in [2.75, 3.05) is 37.2 Å². The van der Waals surface area contributed by atoms with Crippen LogP contribution in [-0.4, -0.2) is 78.3 Å². The fourth-order valence-corrected chi connectivity index (χ4v) is 6.53. The summed E-state index contributed by atoms with van der Waals surface area (Å²) in [6, 6.07) is 11.5. The van der Waals surface area contributed by atoms with E-state index >= 15 is 0 Å². The lowest BCUT2D eigenvalue weighted by atomic mass is 10.3. The number of aliphatic hydroxyl groups is 1. The maximum atomic E-state index is 11.4. The van der Waals surface area contributed by atoms with Crippen molar-refractivity contribution in [3.05, 3.63) is 57.0 Å². The first-order valence-electron chi connectivity index (χ1n) is 13.8. The number of nitrogens with zero attached hydrogens (tertiary/aromatic N) is 4. The number of aromatic nitrogens is 4. The third-order valence-corrected chi connectivity index (χ3v) is 9.36. The van der Waals surface area contributed by atoms with Crippen molar-refractivity contribution in [3.63, 3.8) is 0 Å². The average molecular weight is 767 g/mol. The van der Waals surface area contributed by atoms with E-state index in [1.165, 1.54) is 12.5 Å². The zero-order valence-corrected chi connectivity index (χ0v) is 29.5. The monoisotopic (exact) mass is 764 g/mol. The molecule has 4 rings (SSSR count). The van der Waals surface area contributed by atoms with Crippen molar-refractivity contribution in [1.29, 1.82) is 0 Å². The van der Waals surface area contributed by atoms with Crippen LogP contribution in [0.5, 0.6) is 0 Å². The van der Waals surface area contributed by atoms with Gasteiger partial charge in [-0.3, -0.25) is 0 Å². The molecule has 43 heavy (non-hydrogen) atoms. The molecule has 15 heteroatoms. The van der Waals surface area contributed by atoms with E-state index in [1.807, 2.05) is 59.4 Å². The second kappa shape index (κ2) is 15.9. The minimum Gasteiger partial charge on any atom is -0.388 e. The first-order valence-corrected chi connectivity index (χ1v) is 19.5. The molecule has 0 atom stereocenters. The lowest BCUT2D eigenvalue weighted by Crippen LogP contribution is -2.16. The van der Waals surface area contributed by atoms with Crippen LogP contribution in [0.25, 0.3) is 22.1 Å². The molecule has 0 saturated carbocycles. The molecule has 2 heterocycles. The number of benzene rings is 2. The van der Waals surface area contributed by atoms with Crippen molar-refractivity contribution < 1.29 is 31.4 Å². The molecule has 238 valence electrons. The van der Waals surface area contributed by atoms with Gasteiger partial charge in [0.15, 0.2) is 5.82 Å². The van der Waals surface area contributed by atoms with E-state index in [0.29, 0.717) is 50.8 Å². The Kier molecular flexibility index (Phi) is 13.2. The van der Waals surface area contributed by atoms with Crippen LogP contribution in [0.4, 0.5) is 0 Å². The molecule has 2 aromatic carbocycles. The number of halogens is 2. The molecule has 11 nitrogen and oxygen atoms in total. The number of aliphatic hydroxyl groups excluding tert-OH is 1. The Labute approximate surface area is 269 Å². The lowest BCUT2D eigenvalue weighted by Gasteiger charge is -2.18. The van der Waals surface area contributed by atoms with E-state index in [4.69, 9.17) is 9.47 Å². The minimum atomic E-state index is -2.99. The van der Waals surface area contributed by atoms with Crippen molar-refractivity contribution in [3.8, 4) is 0 Å². The van der Waals surface area contributed by atoms with Crippen LogP contribution in [0, 0.1) is 0 Å². The van der Waals surface area contributed by atoms with Crippen LogP contribution in [0.2, 0.25) is 0 Å². The fourth-order valence-electron chi connectivity index (χ4n) is 4.53. The molecular weight excluding hydrogens is 728 g/mol. The normalized spacial score (nSPS) is 12.3. The quantitative estimate of drug-likeness (QED) is 0.175. The second-order valence-electron chi connectivity index (χ2n) is 9.93. The maximum Gasteiger partial charge on any atom is 0.217 e. The lowest BCUT2D eigenvalue weighted by molar-refractivity contribution is -0.146. The second-order valence-corrected chi connectivity index (χ2v) is 16.3. The molecule has 0 spiro atoms. The van der Waals surface area contributed by atoms with E-state index in [2.05, 4.69) is 41.8 Å². The number of fused-ring (bicyclic) bond motifs is 2. The summed E-state index contributed by atoms with van der Waals surface area (Å²) in [4.78, 5) is 9.00. The van der Waals surface area contributed by atoms with E-state index in [-0.39, 0.29) is 18.1 Å². The Morgan fingerprint density at radius 3 is 1.72 bits per heavy atom. The summed E-state index contributed by atoms with van der Waals surface area (Å²) in [6.07, 6.45) is 2.93. The van der Waals surface area contributed by atoms with Gasteiger partial charge in [-0.25, -0.2) is 26.8 Å². The molecule has 0 unspecified atom stereocenters. The Morgan fingerprint density at radius 1 is 0.791 bits per heavy atom. The SMILES string of the molecule is CCOC(OCC)c1nc2cc(Br)ccc2n1CCCS(C)(=O)=O.CS(=O)(=O)CCCn1c(CO)nc2cc(Br)ccc21. The third kappa shape index (κ3) is 10.6. The molecule has 4 aromatic rings. The van der Waals surface area contributed by atoms with Gasteiger partial charge >= 0.3 is 0 Å². The van der Waals surface area contributed by atoms with Crippen LogP contribution in [0.3, 0.4) is 0 Å². The number of hydrogen-bond acceptors (Lipinski definition) is 9. The summed E-state index contributed by atoms with van der Waals surface area (Å²) in [5, 5.41) is 9.33. The number of hydrogen-bond donors (Lipinski definition) is 1. The van der Waals surface area contributed by atoms with E-state index in [9.17, 15) is 21.9 Å². The van der Waals surface area contributed by atoms with E-state index in [1.54, 1.807) is 0 Å². The van der Waals surface area contributed by atoms with Gasteiger partial charge in [-0.15, -0.1) is 0 Å². The van der Waals surface area contributed by atoms with Gasteiger partial charge in [0, 0.05) is 47.8 Å². The predicted octanol–water partition coefficient (Wildman–Crippen LogP) is 5.03. The molecule has 0 aliphatic carbocycles. The summed E-state index contributed by atoms with van der Waals surface area (Å²) < 4.78 is 62.2. The van der Waals surface area contributed by atoms with Crippen molar-refractivity contribution in [1.82, 2.24) is 19.1 Å². The Balaban J connectivity index is 0.000000242. The molecule has 0 fully saturated rings. The largest absolute Gasteiger partial charge is 0.388 e. The Bertz CT molecular complexity index is 1730. The van der Waals surface area contributed by atoms with Crippen molar-refractivity contribution >= 4 is 73.6 Å². The highest BCUT2D eigenvalue weighted by atomic mass is 79.9. The summed E-state index contributed by atoms with van der Waals surface area (Å²) >= 11 is 6.83. The highest BCUT2D eigenvalue weighted by Crippen LogP contribution is 2.27. The van der Waals surface area contributed by atoms with Crippen molar-refractivity contribution in [2.24, 2.45) is 0 Å². The Morgan fingerprint density at radius 2 is 1.26 bits per heavy atom. The van der Waals surface area contributed by atoms with Gasteiger partial charge in [0.1, 0.15) is 32.1 Å². The van der Waals surface area contributed by atoms with E-state index < -0.39 is 26.0 Å². The summed E-state index contributed by atoms with van der Waals surface area (Å²) in [5.74, 6) is 1.49. The number of ether oxygens (including phenoxy) is 2. The van der Waals surface area contributed by atoms with Gasteiger partial charge in [-0.05, 0) is 63.1 Å². The first-order chi connectivity index (χ1) is 20.3. The molecule has 0 aliphatic rings. The zero-order valence-electron chi connectivity index (χ0n) is 24.7. The first kappa shape index (κ1) is 35.6.